The van der Waals surface area contributed by atoms with E-state index in [4.69, 9.17) is 28.0 Å². The molecule has 7 heteroatoms. The summed E-state index contributed by atoms with van der Waals surface area (Å²) in [5.74, 6) is -2.18. The third-order valence-corrected chi connectivity index (χ3v) is 3.62. The van der Waals surface area contributed by atoms with E-state index in [9.17, 15) is 9.59 Å². The van der Waals surface area contributed by atoms with E-state index in [1.807, 2.05) is 0 Å². The first-order valence-corrected chi connectivity index (χ1v) is 7.91. The van der Waals surface area contributed by atoms with Gasteiger partial charge in [0.2, 0.25) is 0 Å². The Balaban J connectivity index is 2.20. The number of esters is 1. The SMILES string of the molecule is CCOC(=O)C(=O)ONC(c1ccc(Cl)cc1)c1ccc(Cl)cc1. The smallest absolute Gasteiger partial charge is 0.436 e. The van der Waals surface area contributed by atoms with Gasteiger partial charge >= 0.3 is 11.9 Å². The number of halogens is 2. The molecule has 5 nitrogen and oxygen atoms in total. The van der Waals surface area contributed by atoms with Gasteiger partial charge in [0.1, 0.15) is 0 Å². The quantitative estimate of drug-likeness (QED) is 0.495. The summed E-state index contributed by atoms with van der Waals surface area (Å²) >= 11 is 11.8. The highest BCUT2D eigenvalue weighted by molar-refractivity contribution is 6.31. The van der Waals surface area contributed by atoms with Crippen LogP contribution in [0.25, 0.3) is 0 Å². The molecule has 0 radical (unpaired) electrons. The Morgan fingerprint density at radius 1 is 0.917 bits per heavy atom. The number of ether oxygens (including phenoxy) is 1. The third kappa shape index (κ3) is 4.96. The van der Waals surface area contributed by atoms with E-state index in [1.54, 1.807) is 55.5 Å². The second kappa shape index (κ2) is 8.68. The molecule has 0 aliphatic rings. The zero-order chi connectivity index (χ0) is 17.5. The van der Waals surface area contributed by atoms with Crippen LogP contribution in [0.3, 0.4) is 0 Å². The van der Waals surface area contributed by atoms with Crippen molar-refractivity contribution in [3.63, 3.8) is 0 Å². The van der Waals surface area contributed by atoms with Crippen molar-refractivity contribution in [3.8, 4) is 0 Å². The molecule has 0 heterocycles. The summed E-state index contributed by atoms with van der Waals surface area (Å²) in [6, 6.07) is 13.5. The maximum atomic E-state index is 11.6. The zero-order valence-electron chi connectivity index (χ0n) is 12.8. The van der Waals surface area contributed by atoms with Crippen LogP contribution >= 0.6 is 23.2 Å². The molecule has 0 amide bonds. The normalized spacial score (nSPS) is 10.5. The second-order valence-corrected chi connectivity index (χ2v) is 5.64. The van der Waals surface area contributed by atoms with Crippen LogP contribution in [0.1, 0.15) is 24.1 Å². The van der Waals surface area contributed by atoms with Gasteiger partial charge in [-0.3, -0.25) is 0 Å². The number of hydrogen-bond acceptors (Lipinski definition) is 5. The van der Waals surface area contributed by atoms with Crippen molar-refractivity contribution in [2.45, 2.75) is 13.0 Å². The van der Waals surface area contributed by atoms with Gasteiger partial charge < -0.3 is 9.57 Å². The van der Waals surface area contributed by atoms with Crippen molar-refractivity contribution in [2.24, 2.45) is 0 Å². The molecule has 0 atom stereocenters. The van der Waals surface area contributed by atoms with Gasteiger partial charge in [-0.1, -0.05) is 47.5 Å². The standard InChI is InChI=1S/C17H15Cl2NO4/c1-2-23-16(21)17(22)24-20-15(11-3-7-13(18)8-4-11)12-5-9-14(19)10-6-12/h3-10,15,20H,2H2,1H3. The number of benzene rings is 2. The Bertz CT molecular complexity index is 656. The lowest BCUT2D eigenvalue weighted by molar-refractivity contribution is -0.172. The predicted molar refractivity (Wildman–Crippen MR) is 90.6 cm³/mol. The van der Waals surface area contributed by atoms with Gasteiger partial charge in [-0.25, -0.2) is 9.59 Å². The summed E-state index contributed by atoms with van der Waals surface area (Å²) in [5, 5.41) is 1.16. The lowest BCUT2D eigenvalue weighted by Gasteiger charge is -2.19. The molecule has 0 aliphatic heterocycles. The zero-order valence-corrected chi connectivity index (χ0v) is 14.3. The van der Waals surface area contributed by atoms with E-state index in [2.05, 4.69) is 10.2 Å². The monoisotopic (exact) mass is 367 g/mol. The Morgan fingerprint density at radius 2 is 1.38 bits per heavy atom. The van der Waals surface area contributed by atoms with Crippen LogP contribution in [0.5, 0.6) is 0 Å². The highest BCUT2D eigenvalue weighted by atomic mass is 35.5. The van der Waals surface area contributed by atoms with Crippen LogP contribution in [0.2, 0.25) is 10.0 Å². The number of carbonyl (C=O) groups excluding carboxylic acids is 2. The lowest BCUT2D eigenvalue weighted by Crippen LogP contribution is -2.31. The number of nitrogens with one attached hydrogen (secondary N) is 1. The van der Waals surface area contributed by atoms with Crippen molar-refractivity contribution in [2.75, 3.05) is 6.61 Å². The van der Waals surface area contributed by atoms with Gasteiger partial charge in [0.05, 0.1) is 12.6 Å². The van der Waals surface area contributed by atoms with Crippen LogP contribution < -0.4 is 5.48 Å². The first-order valence-electron chi connectivity index (χ1n) is 7.15. The molecule has 24 heavy (non-hydrogen) atoms. The molecule has 1 N–H and O–H groups in total. The first kappa shape index (κ1) is 18.3. The number of rotatable bonds is 5. The first-order chi connectivity index (χ1) is 11.5. The highest BCUT2D eigenvalue weighted by Crippen LogP contribution is 2.25. The van der Waals surface area contributed by atoms with Gasteiger partial charge in [-0.05, 0) is 42.3 Å². The summed E-state index contributed by atoms with van der Waals surface area (Å²) in [4.78, 5) is 27.8. The fraction of sp³-hybridized carbons (Fsp3) is 0.176. The molecule has 126 valence electrons. The van der Waals surface area contributed by atoms with Crippen molar-refractivity contribution in [1.82, 2.24) is 5.48 Å². The molecular formula is C17H15Cl2NO4. The Labute approximate surface area is 149 Å². The number of hydroxylamine groups is 1. The van der Waals surface area contributed by atoms with Crippen molar-refractivity contribution >= 4 is 35.1 Å². The van der Waals surface area contributed by atoms with E-state index in [0.717, 1.165) is 11.1 Å². The Morgan fingerprint density at radius 3 is 1.79 bits per heavy atom. The minimum absolute atomic E-state index is 0.0890. The molecule has 2 aromatic carbocycles. The fourth-order valence-electron chi connectivity index (χ4n) is 1.98. The average Bonchev–Trinajstić information content (AvgIpc) is 2.58. The molecule has 2 aromatic rings. The molecule has 0 unspecified atom stereocenters. The third-order valence-electron chi connectivity index (χ3n) is 3.12. The van der Waals surface area contributed by atoms with E-state index in [1.165, 1.54) is 0 Å². The molecule has 0 spiro atoms. The van der Waals surface area contributed by atoms with Crippen LogP contribution in [0, 0.1) is 0 Å². The van der Waals surface area contributed by atoms with Crippen LogP contribution in [0.4, 0.5) is 0 Å². The van der Waals surface area contributed by atoms with E-state index in [-0.39, 0.29) is 6.61 Å². The topological polar surface area (TPSA) is 64.6 Å². The predicted octanol–water partition coefficient (Wildman–Crippen LogP) is 3.69. The molecule has 0 fully saturated rings. The van der Waals surface area contributed by atoms with Gasteiger partial charge in [0, 0.05) is 10.0 Å². The largest absolute Gasteiger partial charge is 0.458 e. The molecule has 0 saturated heterocycles. The molecule has 2 rings (SSSR count). The highest BCUT2D eigenvalue weighted by Gasteiger charge is 2.21. The summed E-state index contributed by atoms with van der Waals surface area (Å²) in [6.07, 6.45) is 0. The molecule has 0 bridgehead atoms. The van der Waals surface area contributed by atoms with Crippen LogP contribution in [0.15, 0.2) is 48.5 Å². The Kier molecular flexibility index (Phi) is 6.61. The van der Waals surface area contributed by atoms with Crippen LogP contribution in [-0.4, -0.2) is 18.5 Å². The summed E-state index contributed by atoms with van der Waals surface area (Å²) < 4.78 is 4.59. The van der Waals surface area contributed by atoms with Gasteiger partial charge in [-0.15, -0.1) is 5.48 Å². The minimum Gasteiger partial charge on any atom is -0.458 e. The van der Waals surface area contributed by atoms with Gasteiger partial charge in [0.15, 0.2) is 0 Å². The summed E-state index contributed by atoms with van der Waals surface area (Å²) in [5.41, 5.74) is 4.17. The minimum atomic E-state index is -1.12. The van der Waals surface area contributed by atoms with Crippen molar-refractivity contribution in [1.29, 1.82) is 0 Å². The summed E-state index contributed by atoms with van der Waals surface area (Å²) in [7, 11) is 0. The summed E-state index contributed by atoms with van der Waals surface area (Å²) in [6.45, 7) is 1.69. The van der Waals surface area contributed by atoms with Crippen molar-refractivity contribution in [3.05, 3.63) is 69.7 Å². The maximum Gasteiger partial charge on any atom is 0.436 e. The van der Waals surface area contributed by atoms with E-state index < -0.39 is 18.0 Å². The maximum absolute atomic E-state index is 11.6. The second-order valence-electron chi connectivity index (χ2n) is 4.76. The molecule has 0 aromatic heterocycles. The van der Waals surface area contributed by atoms with Crippen molar-refractivity contribution < 1.29 is 19.2 Å². The lowest BCUT2D eigenvalue weighted by atomic mass is 10.00. The average molecular weight is 368 g/mol. The van der Waals surface area contributed by atoms with Crippen LogP contribution in [-0.2, 0) is 19.2 Å². The molecular weight excluding hydrogens is 353 g/mol. The van der Waals surface area contributed by atoms with E-state index in [0.29, 0.717) is 10.0 Å². The number of hydrogen-bond donors (Lipinski definition) is 1. The molecule has 0 aliphatic carbocycles. The van der Waals surface area contributed by atoms with Gasteiger partial charge in [0.25, 0.3) is 0 Å². The Hall–Kier alpha value is -2.08. The number of carbonyl (C=O) groups is 2. The molecule has 0 saturated carbocycles. The van der Waals surface area contributed by atoms with E-state index >= 15 is 0 Å². The van der Waals surface area contributed by atoms with Gasteiger partial charge in [-0.2, -0.15) is 0 Å². The fourth-order valence-corrected chi connectivity index (χ4v) is 2.24.